The molecular formula is C17H19Cl2N3O. The highest BCUT2D eigenvalue weighted by molar-refractivity contribution is 6.42. The molecule has 3 N–H and O–H groups in total. The van der Waals surface area contributed by atoms with Crippen molar-refractivity contribution in [3.05, 3.63) is 46.1 Å². The lowest BCUT2D eigenvalue weighted by atomic mass is 9.90. The molecule has 4 nitrogen and oxygen atoms in total. The standard InChI is InChI=1S/C17H19Cl2N3O/c18-14-8-12(16(23)10-15(14)19)7-11-2-5-22(6-3-11)17-9-13(20)1-4-21-17/h1,4,8-11,23H,2-3,5-7H2,(H2,20,21). The Morgan fingerprint density at radius 3 is 2.57 bits per heavy atom. The molecule has 1 aromatic heterocycles. The van der Waals surface area contributed by atoms with E-state index in [1.165, 1.54) is 6.07 Å². The molecule has 2 heterocycles. The van der Waals surface area contributed by atoms with E-state index in [1.54, 1.807) is 18.3 Å². The van der Waals surface area contributed by atoms with E-state index < -0.39 is 0 Å². The number of benzene rings is 1. The number of hydrogen-bond acceptors (Lipinski definition) is 4. The first kappa shape index (κ1) is 16.2. The van der Waals surface area contributed by atoms with Gasteiger partial charge in [0.1, 0.15) is 11.6 Å². The van der Waals surface area contributed by atoms with Gasteiger partial charge in [0.25, 0.3) is 0 Å². The van der Waals surface area contributed by atoms with Gasteiger partial charge in [0.2, 0.25) is 0 Å². The van der Waals surface area contributed by atoms with Gasteiger partial charge in [-0.3, -0.25) is 0 Å². The summed E-state index contributed by atoms with van der Waals surface area (Å²) in [5.74, 6) is 1.66. The van der Waals surface area contributed by atoms with E-state index in [4.69, 9.17) is 28.9 Å². The number of nitrogens with two attached hydrogens (primary N) is 1. The molecule has 23 heavy (non-hydrogen) atoms. The molecule has 0 radical (unpaired) electrons. The number of phenols is 1. The molecular weight excluding hydrogens is 333 g/mol. The molecule has 0 amide bonds. The number of aromatic nitrogens is 1. The van der Waals surface area contributed by atoms with Crippen molar-refractivity contribution in [2.75, 3.05) is 23.7 Å². The summed E-state index contributed by atoms with van der Waals surface area (Å²) in [7, 11) is 0. The second-order valence-electron chi connectivity index (χ2n) is 5.98. The van der Waals surface area contributed by atoms with E-state index in [2.05, 4.69) is 9.88 Å². The first-order valence-electron chi connectivity index (χ1n) is 7.66. The predicted molar refractivity (Wildman–Crippen MR) is 95.4 cm³/mol. The van der Waals surface area contributed by atoms with Crippen molar-refractivity contribution in [1.82, 2.24) is 4.98 Å². The van der Waals surface area contributed by atoms with Crippen LogP contribution in [0, 0.1) is 5.92 Å². The van der Waals surface area contributed by atoms with E-state index in [0.29, 0.717) is 16.0 Å². The molecule has 1 saturated heterocycles. The van der Waals surface area contributed by atoms with E-state index in [0.717, 1.165) is 49.4 Å². The van der Waals surface area contributed by atoms with Crippen LogP contribution in [-0.4, -0.2) is 23.2 Å². The Labute approximate surface area is 145 Å². The molecule has 1 aliphatic heterocycles. The molecule has 0 bridgehead atoms. The van der Waals surface area contributed by atoms with Crippen molar-refractivity contribution >= 4 is 34.7 Å². The third-order valence-electron chi connectivity index (χ3n) is 4.34. The maximum atomic E-state index is 10.0. The van der Waals surface area contributed by atoms with Crippen LogP contribution >= 0.6 is 23.2 Å². The van der Waals surface area contributed by atoms with Gasteiger partial charge in [-0.15, -0.1) is 0 Å². The minimum absolute atomic E-state index is 0.222. The molecule has 1 aliphatic rings. The van der Waals surface area contributed by atoms with Crippen LogP contribution in [-0.2, 0) is 6.42 Å². The molecule has 3 rings (SSSR count). The SMILES string of the molecule is Nc1ccnc(N2CCC(Cc3cc(Cl)c(Cl)cc3O)CC2)c1. The number of piperidine rings is 1. The number of nitrogens with zero attached hydrogens (tertiary/aromatic N) is 2. The lowest BCUT2D eigenvalue weighted by molar-refractivity contribution is 0.392. The lowest BCUT2D eigenvalue weighted by Crippen LogP contribution is -2.34. The van der Waals surface area contributed by atoms with Gasteiger partial charge in [0, 0.05) is 37.1 Å². The molecule has 1 aromatic carbocycles. The first-order valence-corrected chi connectivity index (χ1v) is 8.42. The second-order valence-corrected chi connectivity index (χ2v) is 6.79. The Hall–Kier alpha value is -1.65. The summed E-state index contributed by atoms with van der Waals surface area (Å²) in [5, 5.41) is 10.9. The lowest BCUT2D eigenvalue weighted by Gasteiger charge is -2.33. The quantitative estimate of drug-likeness (QED) is 0.872. The highest BCUT2D eigenvalue weighted by atomic mass is 35.5. The van der Waals surface area contributed by atoms with Crippen LogP contribution < -0.4 is 10.6 Å². The van der Waals surface area contributed by atoms with Crippen molar-refractivity contribution in [2.24, 2.45) is 5.92 Å². The molecule has 0 unspecified atom stereocenters. The molecule has 6 heteroatoms. The molecule has 0 atom stereocenters. The number of aromatic hydroxyl groups is 1. The van der Waals surface area contributed by atoms with Gasteiger partial charge in [-0.1, -0.05) is 23.2 Å². The number of anilines is 2. The third kappa shape index (κ3) is 3.82. The van der Waals surface area contributed by atoms with Gasteiger partial charge in [0.05, 0.1) is 10.0 Å². The smallest absolute Gasteiger partial charge is 0.130 e. The maximum Gasteiger partial charge on any atom is 0.130 e. The predicted octanol–water partition coefficient (Wildman–Crippen LogP) is 4.14. The topological polar surface area (TPSA) is 62.4 Å². The zero-order chi connectivity index (χ0) is 16.4. The molecule has 0 spiro atoms. The van der Waals surface area contributed by atoms with Gasteiger partial charge < -0.3 is 15.7 Å². The summed E-state index contributed by atoms with van der Waals surface area (Å²) in [6, 6.07) is 6.99. The average molecular weight is 352 g/mol. The summed E-state index contributed by atoms with van der Waals surface area (Å²) < 4.78 is 0. The average Bonchev–Trinajstić information content (AvgIpc) is 2.53. The Balaban J connectivity index is 1.62. The van der Waals surface area contributed by atoms with Crippen molar-refractivity contribution < 1.29 is 5.11 Å². The van der Waals surface area contributed by atoms with Crippen molar-refractivity contribution in [3.8, 4) is 5.75 Å². The zero-order valence-corrected chi connectivity index (χ0v) is 14.2. The monoisotopic (exact) mass is 351 g/mol. The fourth-order valence-electron chi connectivity index (χ4n) is 3.03. The van der Waals surface area contributed by atoms with Crippen LogP contribution in [0.25, 0.3) is 0 Å². The van der Waals surface area contributed by atoms with Crippen LogP contribution in [0.5, 0.6) is 5.75 Å². The number of phenolic OH excluding ortho intramolecular Hbond substituents is 1. The summed E-state index contributed by atoms with van der Waals surface area (Å²) in [4.78, 5) is 6.63. The van der Waals surface area contributed by atoms with E-state index >= 15 is 0 Å². The summed E-state index contributed by atoms with van der Waals surface area (Å²) >= 11 is 12.0. The van der Waals surface area contributed by atoms with Gasteiger partial charge in [-0.2, -0.15) is 0 Å². The largest absolute Gasteiger partial charge is 0.508 e. The first-order chi connectivity index (χ1) is 11.0. The van der Waals surface area contributed by atoms with Crippen LogP contribution in [0.15, 0.2) is 30.5 Å². The Bertz CT molecular complexity index is 700. The van der Waals surface area contributed by atoms with E-state index in [9.17, 15) is 5.11 Å². The highest BCUT2D eigenvalue weighted by Gasteiger charge is 2.22. The van der Waals surface area contributed by atoms with Gasteiger partial charge >= 0.3 is 0 Å². The Morgan fingerprint density at radius 1 is 1.17 bits per heavy atom. The highest BCUT2D eigenvalue weighted by Crippen LogP contribution is 2.33. The number of hydrogen-bond donors (Lipinski definition) is 2. The van der Waals surface area contributed by atoms with Crippen LogP contribution in [0.3, 0.4) is 0 Å². The summed E-state index contributed by atoms with van der Waals surface area (Å²) in [6.45, 7) is 1.87. The normalized spacial score (nSPS) is 15.8. The van der Waals surface area contributed by atoms with Crippen molar-refractivity contribution in [2.45, 2.75) is 19.3 Å². The van der Waals surface area contributed by atoms with Gasteiger partial charge in [-0.25, -0.2) is 4.98 Å². The maximum absolute atomic E-state index is 10.0. The van der Waals surface area contributed by atoms with E-state index in [1.807, 2.05) is 6.07 Å². The number of pyridine rings is 1. The molecule has 122 valence electrons. The summed E-state index contributed by atoms with van der Waals surface area (Å²) in [5.41, 5.74) is 7.42. The molecule has 1 fully saturated rings. The summed E-state index contributed by atoms with van der Waals surface area (Å²) in [6.07, 6.45) is 4.62. The fraction of sp³-hybridized carbons (Fsp3) is 0.353. The third-order valence-corrected chi connectivity index (χ3v) is 5.06. The van der Waals surface area contributed by atoms with Crippen LogP contribution in [0.2, 0.25) is 10.0 Å². The number of nitrogen functional groups attached to an aromatic ring is 1. The fourth-order valence-corrected chi connectivity index (χ4v) is 3.37. The van der Waals surface area contributed by atoms with E-state index in [-0.39, 0.29) is 5.75 Å². The number of halogens is 2. The Morgan fingerprint density at radius 2 is 1.87 bits per heavy atom. The zero-order valence-electron chi connectivity index (χ0n) is 12.7. The molecule has 0 aliphatic carbocycles. The molecule has 0 saturated carbocycles. The van der Waals surface area contributed by atoms with Gasteiger partial charge in [-0.05, 0) is 42.9 Å². The van der Waals surface area contributed by atoms with Crippen LogP contribution in [0.1, 0.15) is 18.4 Å². The molecule has 2 aromatic rings. The van der Waals surface area contributed by atoms with Crippen molar-refractivity contribution in [1.29, 1.82) is 0 Å². The second kappa shape index (κ2) is 6.85. The minimum Gasteiger partial charge on any atom is -0.508 e. The van der Waals surface area contributed by atoms with Crippen molar-refractivity contribution in [3.63, 3.8) is 0 Å². The van der Waals surface area contributed by atoms with Gasteiger partial charge in [0.15, 0.2) is 0 Å². The minimum atomic E-state index is 0.222. The Kier molecular flexibility index (Phi) is 4.83. The number of rotatable bonds is 3. The van der Waals surface area contributed by atoms with Crippen LogP contribution in [0.4, 0.5) is 11.5 Å².